The molecule has 6 aromatic carbocycles. The molecule has 0 aliphatic rings. The van der Waals surface area contributed by atoms with Gasteiger partial charge in [-0.1, -0.05) is 225 Å². The number of nitrogens with one attached hydrogen (secondary N) is 5. The second kappa shape index (κ2) is 58.6. The van der Waals surface area contributed by atoms with E-state index < -0.39 is 18.2 Å². The van der Waals surface area contributed by atoms with Crippen LogP contribution in [-0.4, -0.2) is 123 Å². The summed E-state index contributed by atoms with van der Waals surface area (Å²) in [5.74, 6) is 0.0184. The average molecular weight is 2000 g/mol. The number of carbonyl (C=O) groups is 5. The number of nitrogens with zero attached hydrogens (tertiary/aromatic N) is 6. The van der Waals surface area contributed by atoms with Gasteiger partial charge in [0.05, 0.1) is 48.4 Å². The van der Waals surface area contributed by atoms with Crippen LogP contribution in [0.2, 0.25) is 0 Å². The van der Waals surface area contributed by atoms with Crippen molar-refractivity contribution in [3.8, 4) is 0 Å². The Morgan fingerprint density at radius 1 is 0.461 bits per heavy atom. The minimum atomic E-state index is -0.727. The summed E-state index contributed by atoms with van der Waals surface area (Å²) in [4.78, 5) is 88.0. The van der Waals surface area contributed by atoms with Crippen molar-refractivity contribution < 1.29 is 38.2 Å². The van der Waals surface area contributed by atoms with E-state index in [1.807, 2.05) is 143 Å². The second-order valence-electron chi connectivity index (χ2n) is 27.7. The van der Waals surface area contributed by atoms with Gasteiger partial charge >= 0.3 is 24.3 Å². The molecule has 0 aliphatic carbocycles. The first-order chi connectivity index (χ1) is 53.9. The van der Waals surface area contributed by atoms with Crippen molar-refractivity contribution in [2.75, 3.05) is 21.1 Å². The monoisotopic (exact) mass is 2000 g/mol. The van der Waals surface area contributed by atoms with Gasteiger partial charge in [0.1, 0.15) is 25.9 Å². The number of ether oxygens (including phenoxy) is 3. The van der Waals surface area contributed by atoms with Gasteiger partial charge in [0.25, 0.3) is 0 Å². The maximum Gasteiger partial charge on any atom is 0.407 e. The van der Waals surface area contributed by atoms with Crippen molar-refractivity contribution in [1.29, 1.82) is 0 Å². The van der Waals surface area contributed by atoms with E-state index in [2.05, 4.69) is 170 Å². The maximum atomic E-state index is 14.2. The van der Waals surface area contributed by atoms with Gasteiger partial charge in [-0.15, -0.1) is 81.7 Å². The van der Waals surface area contributed by atoms with Crippen molar-refractivity contribution >= 4 is 149 Å². The number of amides is 6. The van der Waals surface area contributed by atoms with E-state index in [1.165, 1.54) is 56.3 Å². The van der Waals surface area contributed by atoms with E-state index in [9.17, 15) is 24.0 Å². The number of carbonyl (C=O) groups excluding carboxylic acids is 5. The largest absolute Gasteiger partial charge is 0.444 e. The zero-order valence-electron chi connectivity index (χ0n) is 65.1. The van der Waals surface area contributed by atoms with Crippen molar-refractivity contribution in [3.05, 3.63) is 281 Å². The summed E-state index contributed by atoms with van der Waals surface area (Å²) < 4.78 is 16.2. The molecule has 0 bridgehead atoms. The van der Waals surface area contributed by atoms with Crippen molar-refractivity contribution in [1.82, 2.24) is 56.3 Å². The van der Waals surface area contributed by atoms with Crippen LogP contribution in [0.25, 0.3) is 0 Å². The molecule has 28 heteroatoms. The van der Waals surface area contributed by atoms with Gasteiger partial charge in [0.15, 0.2) is 0 Å². The number of aromatic nitrogens is 4. The number of halogens is 4. The van der Waals surface area contributed by atoms with Crippen LogP contribution in [0.4, 0.5) is 19.2 Å². The molecule has 0 aliphatic heterocycles. The lowest BCUT2D eigenvalue weighted by molar-refractivity contribution is -0.135. The number of benzene rings is 6. The quantitative estimate of drug-likeness (QED) is 0.0155. The van der Waals surface area contributed by atoms with Gasteiger partial charge < -0.3 is 56.3 Å². The topological polar surface area (TPSA) is 257 Å². The Labute approximate surface area is 744 Å². The van der Waals surface area contributed by atoms with E-state index in [4.69, 9.17) is 19.9 Å². The molecule has 7 N–H and O–H groups in total. The molecule has 115 heavy (non-hydrogen) atoms. The van der Waals surface area contributed by atoms with Crippen molar-refractivity contribution in [2.45, 2.75) is 194 Å². The van der Waals surface area contributed by atoms with Gasteiger partial charge in [-0.2, -0.15) is 0 Å². The Hall–Kier alpha value is -7.21. The van der Waals surface area contributed by atoms with Gasteiger partial charge in [0.2, 0.25) is 5.91 Å². The van der Waals surface area contributed by atoms with E-state index in [1.54, 1.807) is 63.3 Å². The Kier molecular flexibility index (Phi) is 52.0. The third kappa shape index (κ3) is 40.2. The number of hydrogen-bond acceptors (Lipinski definition) is 18. The van der Waals surface area contributed by atoms with Crippen LogP contribution in [0.5, 0.6) is 0 Å². The Morgan fingerprint density at radius 3 is 1.12 bits per heavy atom. The van der Waals surface area contributed by atoms with Crippen LogP contribution in [-0.2, 0) is 83.9 Å². The lowest BCUT2D eigenvalue weighted by atomic mass is 9.94. The van der Waals surface area contributed by atoms with Crippen LogP contribution in [0, 0.1) is 5.92 Å². The van der Waals surface area contributed by atoms with Crippen LogP contribution < -0.4 is 32.3 Å². The Balaban J connectivity index is 0.000000457. The van der Waals surface area contributed by atoms with Gasteiger partial charge in [-0.25, -0.2) is 24.2 Å². The first-order valence-electron chi connectivity index (χ1n) is 37.4. The normalized spacial score (nSPS) is 12.3. The number of likely N-dealkylation sites (N-methyl/N-ethyl adjacent to an activating group) is 2. The molecule has 7 atom stereocenters. The third-order valence-electron chi connectivity index (χ3n) is 18.3. The molecule has 0 fully saturated rings. The highest BCUT2D eigenvalue weighted by Gasteiger charge is 2.33. The first-order valence-corrected chi connectivity index (χ1v) is 47.2. The molecule has 0 unspecified atom stereocenters. The SMILES string of the molecule is C.C.CC(C)c1nc(CN(C)C(=O)N[C@H](C(=O)N(C)[C@H](CC[C@H](Cc2ccccc2)NC(=O)OCc2cncs2)Cc2ccccc2)C(C)C)cs1.CN[C@H](CC[C@H](Cc1ccccc1)NC(=O)OCc1cncs1)Cc1ccccc1.Cl.I.II.N[C@H](CC[C@H](Cc1ccccc1)NC(=O)OCc1cncs1)Cc1ccccc1. The fourth-order valence-electron chi connectivity index (χ4n) is 12.3. The van der Waals surface area contributed by atoms with Gasteiger partial charge in [-0.05, 0) is 123 Å². The molecular weight excluding hydrogens is 1890 g/mol. The molecule has 10 aromatic rings. The first kappa shape index (κ1) is 102. The number of urea groups is 1. The lowest BCUT2D eigenvalue weighted by Gasteiger charge is -2.34. The molecule has 4 heterocycles. The van der Waals surface area contributed by atoms with Crippen molar-refractivity contribution in [2.24, 2.45) is 11.7 Å². The second-order valence-corrected chi connectivity index (χ2v) is 31.5. The third-order valence-corrected chi connectivity index (χ3v) is 21.8. The molecule has 0 saturated carbocycles. The summed E-state index contributed by atoms with van der Waals surface area (Å²) in [5.41, 5.74) is 19.5. The van der Waals surface area contributed by atoms with E-state index in [-0.39, 0.29) is 125 Å². The Bertz CT molecular complexity index is 4160. The highest BCUT2D eigenvalue weighted by atomic mass is 128. The molecule has 10 rings (SSSR count). The van der Waals surface area contributed by atoms with Gasteiger partial charge in [-0.3, -0.25) is 19.7 Å². The highest BCUT2D eigenvalue weighted by molar-refractivity contribution is 15.0. The number of hydrogen-bond donors (Lipinski definition) is 6. The smallest absolute Gasteiger partial charge is 0.407 e. The summed E-state index contributed by atoms with van der Waals surface area (Å²) in [6, 6.07) is 60.1. The maximum absolute atomic E-state index is 14.2. The summed E-state index contributed by atoms with van der Waals surface area (Å²) in [5, 5.41) is 18.6. The molecule has 4 aromatic heterocycles. The summed E-state index contributed by atoms with van der Waals surface area (Å²) in [6.45, 7) is 9.07. The predicted molar refractivity (Wildman–Crippen MR) is 503 cm³/mol. The van der Waals surface area contributed by atoms with Crippen LogP contribution in [0.3, 0.4) is 0 Å². The predicted octanol–water partition coefficient (Wildman–Crippen LogP) is 20.3. The molecular formula is C87H116ClI3N12O8S4. The Morgan fingerprint density at radius 2 is 0.791 bits per heavy atom. The number of nitrogens with two attached hydrogens (primary N) is 1. The lowest BCUT2D eigenvalue weighted by Crippen LogP contribution is -2.55. The number of rotatable bonds is 38. The molecule has 0 radical (unpaired) electrons. The number of alkyl carbamates (subject to hydrolysis) is 3. The summed E-state index contributed by atoms with van der Waals surface area (Å²) >= 11 is 10.2. The number of thiazole rings is 4. The molecule has 6 amide bonds. The van der Waals surface area contributed by atoms with Crippen LogP contribution in [0.15, 0.2) is 222 Å². The standard InChI is InChI=1S/C38H50N6O4S2.C24H29N3O2S.C23H27N3O2S.2CH4.ClH.I2.HI/c1-26(2)34(42-37(46)43(5)22-31-24-49-35(40-31)27(3)4)36(45)44(6)32(20-29-15-11-8-12-16-29)18-17-30(19-28-13-9-7-10-14-28)41-38(47)48-23-33-21-39-25-50-33;1-25-21(14-19-8-4-2-5-9-19)12-13-22(15-20-10-6-3-7-11-20)27-24(28)29-17-23-16-26-18-30-23;24-20(13-18-7-3-1-4-8-18)11-12-21(14-19-9-5-2-6-10-19)26-23(27)28-16-22-15-25-17-29-22;;;;1-2;/h7-16,21,24-27,30,32,34H,17-20,22-23H2,1-6H3,(H,41,47)(H,42,46);2-11,16,18,21-22,25H,12-15,17H2,1H3,(H,27,28);1-10,15,17,20-21H,11-14,16,24H2,(H,26,27);2*1H4;1H;;1H/t30-,32-,34+;21-,22-;20-,21-;;;;;/m111...../s1. The zero-order valence-corrected chi connectivity index (χ0v) is 75.8. The van der Waals surface area contributed by atoms with Crippen LogP contribution in [0.1, 0.15) is 146 Å². The molecule has 0 spiro atoms. The summed E-state index contributed by atoms with van der Waals surface area (Å²) in [6.07, 6.45) is 13.0. The fourth-order valence-corrected chi connectivity index (χ4v) is 14.6. The van der Waals surface area contributed by atoms with E-state index in [0.717, 1.165) is 87.8 Å². The molecule has 20 nitrogen and oxygen atoms in total. The zero-order chi connectivity index (χ0) is 79.4. The minimum absolute atomic E-state index is 0. The molecule has 0 saturated heterocycles. The van der Waals surface area contributed by atoms with E-state index >= 15 is 0 Å². The highest BCUT2D eigenvalue weighted by Crippen LogP contribution is 2.24. The minimum Gasteiger partial charge on any atom is -0.444 e. The average Bonchev–Trinajstić information content (AvgIpc) is 0.946. The summed E-state index contributed by atoms with van der Waals surface area (Å²) in [7, 11) is 5.53. The van der Waals surface area contributed by atoms with Gasteiger partial charge in [0, 0.05) is 117 Å². The fraction of sp³-hybridized carbons (Fsp3) is 0.391. The molecule has 624 valence electrons. The van der Waals surface area contributed by atoms with E-state index in [0.29, 0.717) is 44.2 Å². The van der Waals surface area contributed by atoms with Crippen molar-refractivity contribution in [3.63, 3.8) is 0 Å². The van der Waals surface area contributed by atoms with Crippen LogP contribution >= 0.6 is 119 Å².